The van der Waals surface area contributed by atoms with Gasteiger partial charge in [0.2, 0.25) is 5.91 Å². The van der Waals surface area contributed by atoms with E-state index in [1.54, 1.807) is 11.0 Å². The fourth-order valence-corrected chi connectivity index (χ4v) is 3.76. The SMILES string of the molecule is Cc1cccc(N(CCC#N)C(=O)Cn2c3c(cc(C#N)c2=O)CCC3)c1C. The summed E-state index contributed by atoms with van der Waals surface area (Å²) >= 11 is 0. The molecule has 0 saturated heterocycles. The minimum atomic E-state index is -0.419. The second-order valence-corrected chi connectivity index (χ2v) is 7.06. The van der Waals surface area contributed by atoms with Crippen LogP contribution in [-0.4, -0.2) is 17.0 Å². The van der Waals surface area contributed by atoms with E-state index >= 15 is 0 Å². The van der Waals surface area contributed by atoms with Crippen molar-refractivity contribution in [3.8, 4) is 12.1 Å². The van der Waals surface area contributed by atoms with Gasteiger partial charge in [-0.25, -0.2) is 0 Å². The van der Waals surface area contributed by atoms with Gasteiger partial charge < -0.3 is 9.47 Å². The van der Waals surface area contributed by atoms with Crippen LogP contribution in [0.3, 0.4) is 0 Å². The molecular formula is C22H22N4O2. The highest BCUT2D eigenvalue weighted by Gasteiger charge is 2.24. The maximum atomic E-state index is 13.2. The summed E-state index contributed by atoms with van der Waals surface area (Å²) in [5.41, 5.74) is 4.24. The molecule has 28 heavy (non-hydrogen) atoms. The topological polar surface area (TPSA) is 89.9 Å². The van der Waals surface area contributed by atoms with E-state index in [-0.39, 0.29) is 31.0 Å². The molecule has 1 aromatic carbocycles. The number of anilines is 1. The average molecular weight is 374 g/mol. The van der Waals surface area contributed by atoms with Gasteiger partial charge in [-0.15, -0.1) is 0 Å². The van der Waals surface area contributed by atoms with Gasteiger partial charge in [0.15, 0.2) is 0 Å². The molecular weight excluding hydrogens is 352 g/mol. The molecule has 0 fully saturated rings. The van der Waals surface area contributed by atoms with Crippen LogP contribution in [0.4, 0.5) is 5.69 Å². The first-order chi connectivity index (χ1) is 13.5. The van der Waals surface area contributed by atoms with Crippen molar-refractivity contribution in [2.24, 2.45) is 0 Å². The molecule has 3 rings (SSSR count). The van der Waals surface area contributed by atoms with Gasteiger partial charge >= 0.3 is 0 Å². The van der Waals surface area contributed by atoms with Crippen molar-refractivity contribution in [2.75, 3.05) is 11.4 Å². The number of hydrogen-bond donors (Lipinski definition) is 0. The molecule has 0 aliphatic heterocycles. The number of nitrogens with zero attached hydrogens (tertiary/aromatic N) is 4. The van der Waals surface area contributed by atoms with Crippen LogP contribution < -0.4 is 10.5 Å². The van der Waals surface area contributed by atoms with E-state index in [4.69, 9.17) is 5.26 Å². The molecule has 0 bridgehead atoms. The van der Waals surface area contributed by atoms with Crippen molar-refractivity contribution in [2.45, 2.75) is 46.1 Å². The zero-order chi connectivity index (χ0) is 20.3. The summed E-state index contributed by atoms with van der Waals surface area (Å²) in [6.07, 6.45) is 2.65. The van der Waals surface area contributed by atoms with Crippen LogP contribution in [0.2, 0.25) is 0 Å². The Kier molecular flexibility index (Phi) is 5.61. The van der Waals surface area contributed by atoms with E-state index < -0.39 is 5.56 Å². The number of pyridine rings is 1. The number of nitriles is 2. The highest BCUT2D eigenvalue weighted by molar-refractivity contribution is 5.94. The first-order valence-corrected chi connectivity index (χ1v) is 9.37. The summed E-state index contributed by atoms with van der Waals surface area (Å²) in [7, 11) is 0. The fourth-order valence-electron chi connectivity index (χ4n) is 3.76. The number of aryl methyl sites for hydroxylation is 2. The smallest absolute Gasteiger partial charge is 0.269 e. The number of fused-ring (bicyclic) bond motifs is 1. The molecule has 1 aliphatic rings. The first kappa shape index (κ1) is 19.4. The Bertz CT molecular complexity index is 1070. The summed E-state index contributed by atoms with van der Waals surface area (Å²) in [5, 5.41) is 18.3. The molecule has 6 heteroatoms. The largest absolute Gasteiger partial charge is 0.310 e. The highest BCUT2D eigenvalue weighted by Crippen LogP contribution is 2.25. The van der Waals surface area contributed by atoms with E-state index in [1.807, 2.05) is 38.1 Å². The maximum absolute atomic E-state index is 13.2. The monoisotopic (exact) mass is 374 g/mol. The van der Waals surface area contributed by atoms with Gasteiger partial charge in [0.25, 0.3) is 5.56 Å². The van der Waals surface area contributed by atoms with E-state index in [0.717, 1.165) is 47.3 Å². The minimum absolute atomic E-state index is 0.0729. The Morgan fingerprint density at radius 3 is 2.75 bits per heavy atom. The Labute approximate surface area is 164 Å². The zero-order valence-corrected chi connectivity index (χ0v) is 16.2. The summed E-state index contributed by atoms with van der Waals surface area (Å²) in [4.78, 5) is 27.5. The van der Waals surface area contributed by atoms with Gasteiger partial charge in [0.05, 0.1) is 12.5 Å². The van der Waals surface area contributed by atoms with Gasteiger partial charge in [-0.3, -0.25) is 9.59 Å². The van der Waals surface area contributed by atoms with Gasteiger partial charge in [-0.2, -0.15) is 10.5 Å². The van der Waals surface area contributed by atoms with Crippen LogP contribution in [0.5, 0.6) is 0 Å². The van der Waals surface area contributed by atoms with Gasteiger partial charge in [0, 0.05) is 17.9 Å². The lowest BCUT2D eigenvalue weighted by molar-refractivity contribution is -0.119. The van der Waals surface area contributed by atoms with E-state index in [1.165, 1.54) is 4.57 Å². The number of rotatable bonds is 5. The molecule has 2 aromatic rings. The lowest BCUT2D eigenvalue weighted by Gasteiger charge is -2.25. The Balaban J connectivity index is 2.01. The van der Waals surface area contributed by atoms with Crippen molar-refractivity contribution >= 4 is 11.6 Å². The number of carbonyl (C=O) groups is 1. The Hall–Kier alpha value is -3.38. The molecule has 0 radical (unpaired) electrons. The quantitative estimate of drug-likeness (QED) is 0.805. The van der Waals surface area contributed by atoms with Crippen LogP contribution >= 0.6 is 0 Å². The second-order valence-electron chi connectivity index (χ2n) is 7.06. The molecule has 1 aromatic heterocycles. The molecule has 142 valence electrons. The third-order valence-electron chi connectivity index (χ3n) is 5.38. The van der Waals surface area contributed by atoms with Crippen molar-refractivity contribution in [1.29, 1.82) is 10.5 Å². The standard InChI is InChI=1S/C22H22N4O2/c1-15-6-3-8-19(16(15)2)25(11-5-10-23)21(27)14-26-20-9-4-7-17(20)12-18(13-24)22(26)28/h3,6,8,12H,4-5,7,9,11,14H2,1-2H3. The van der Waals surface area contributed by atoms with Crippen LogP contribution in [0.15, 0.2) is 29.1 Å². The molecule has 0 spiro atoms. The van der Waals surface area contributed by atoms with Crippen LogP contribution in [-0.2, 0) is 24.2 Å². The van der Waals surface area contributed by atoms with Crippen molar-refractivity contribution < 1.29 is 4.79 Å². The number of carbonyl (C=O) groups excluding carboxylic acids is 1. The number of hydrogen-bond acceptors (Lipinski definition) is 4. The number of aromatic nitrogens is 1. The van der Waals surface area contributed by atoms with E-state index in [0.29, 0.717) is 0 Å². The summed E-state index contributed by atoms with van der Waals surface area (Å²) in [5.74, 6) is -0.254. The van der Waals surface area contributed by atoms with Gasteiger partial charge in [-0.1, -0.05) is 12.1 Å². The highest BCUT2D eigenvalue weighted by atomic mass is 16.2. The fraction of sp³-hybridized carbons (Fsp3) is 0.364. The average Bonchev–Trinajstić information content (AvgIpc) is 3.15. The molecule has 6 nitrogen and oxygen atoms in total. The molecule has 0 unspecified atom stereocenters. The van der Waals surface area contributed by atoms with Crippen molar-refractivity contribution in [1.82, 2.24) is 4.57 Å². The normalized spacial score (nSPS) is 12.1. The molecule has 1 heterocycles. The van der Waals surface area contributed by atoms with E-state index in [2.05, 4.69) is 6.07 Å². The zero-order valence-electron chi connectivity index (χ0n) is 16.2. The van der Waals surface area contributed by atoms with Crippen LogP contribution in [0.1, 0.15) is 40.8 Å². The lowest BCUT2D eigenvalue weighted by Crippen LogP contribution is -2.39. The predicted octanol–water partition coefficient (Wildman–Crippen LogP) is 2.77. The van der Waals surface area contributed by atoms with Gasteiger partial charge in [0.1, 0.15) is 18.2 Å². The number of benzene rings is 1. The summed E-state index contributed by atoms with van der Waals surface area (Å²) in [6, 6.07) is 11.4. The van der Waals surface area contributed by atoms with Crippen LogP contribution in [0, 0.1) is 36.5 Å². The third-order valence-corrected chi connectivity index (χ3v) is 5.38. The van der Waals surface area contributed by atoms with Gasteiger partial charge in [-0.05, 0) is 61.9 Å². The summed E-state index contributed by atoms with van der Waals surface area (Å²) in [6.45, 7) is 4.04. The molecule has 0 atom stereocenters. The minimum Gasteiger partial charge on any atom is -0.310 e. The molecule has 1 aliphatic carbocycles. The summed E-state index contributed by atoms with van der Waals surface area (Å²) < 4.78 is 1.45. The molecule has 0 N–H and O–H groups in total. The lowest BCUT2D eigenvalue weighted by atomic mass is 10.1. The first-order valence-electron chi connectivity index (χ1n) is 9.37. The van der Waals surface area contributed by atoms with E-state index in [9.17, 15) is 14.9 Å². The third kappa shape index (κ3) is 3.54. The van der Waals surface area contributed by atoms with Crippen LogP contribution in [0.25, 0.3) is 0 Å². The van der Waals surface area contributed by atoms with Crippen molar-refractivity contribution in [3.05, 3.63) is 62.6 Å². The Morgan fingerprint density at radius 2 is 2.04 bits per heavy atom. The maximum Gasteiger partial charge on any atom is 0.269 e. The predicted molar refractivity (Wildman–Crippen MR) is 106 cm³/mol. The molecule has 1 amide bonds. The van der Waals surface area contributed by atoms with Crippen molar-refractivity contribution in [3.63, 3.8) is 0 Å². The Morgan fingerprint density at radius 1 is 1.25 bits per heavy atom. The molecule has 0 saturated carbocycles. The second kappa shape index (κ2) is 8.10. The number of amides is 1.